The normalized spacial score (nSPS) is 18.3. The summed E-state index contributed by atoms with van der Waals surface area (Å²) in [4.78, 5) is 2.47. The van der Waals surface area contributed by atoms with Gasteiger partial charge in [0.25, 0.3) is 0 Å². The fraction of sp³-hybridized carbons (Fsp3) is 0.500. The Morgan fingerprint density at radius 3 is 2.73 bits per heavy atom. The average Bonchev–Trinajstić information content (AvgIpc) is 2.27. The standard InChI is InChI=1S/C8H10BrNS/c9-8-6-11-5-7(8)4-10-2-1-3-10/h5-6H,1-4H2. The van der Waals surface area contributed by atoms with Crippen LogP contribution in [0.5, 0.6) is 0 Å². The summed E-state index contributed by atoms with van der Waals surface area (Å²) < 4.78 is 1.27. The molecule has 0 unspecified atom stereocenters. The van der Waals surface area contributed by atoms with Gasteiger partial charge in [-0.2, -0.15) is 11.3 Å². The second-order valence-corrected chi connectivity index (χ2v) is 4.47. The molecular formula is C8H10BrNS. The van der Waals surface area contributed by atoms with Crippen molar-refractivity contribution in [1.29, 1.82) is 0 Å². The second kappa shape index (κ2) is 3.25. The molecule has 1 aromatic heterocycles. The molecule has 1 saturated heterocycles. The van der Waals surface area contributed by atoms with E-state index in [0.717, 1.165) is 6.54 Å². The van der Waals surface area contributed by atoms with Crippen LogP contribution in [0.25, 0.3) is 0 Å². The summed E-state index contributed by atoms with van der Waals surface area (Å²) in [5.74, 6) is 0. The molecule has 0 aromatic carbocycles. The molecule has 1 aromatic rings. The van der Waals surface area contributed by atoms with Crippen molar-refractivity contribution in [3.8, 4) is 0 Å². The summed E-state index contributed by atoms with van der Waals surface area (Å²) in [7, 11) is 0. The smallest absolute Gasteiger partial charge is 0.0327 e. The maximum absolute atomic E-state index is 3.53. The fourth-order valence-corrected chi connectivity index (χ4v) is 2.62. The summed E-state index contributed by atoms with van der Waals surface area (Å²) >= 11 is 5.30. The summed E-state index contributed by atoms with van der Waals surface area (Å²) in [5, 5.41) is 4.37. The van der Waals surface area contributed by atoms with E-state index in [4.69, 9.17) is 0 Å². The van der Waals surface area contributed by atoms with Crippen molar-refractivity contribution in [3.63, 3.8) is 0 Å². The third-order valence-electron chi connectivity index (χ3n) is 2.03. The minimum absolute atomic E-state index is 1.13. The van der Waals surface area contributed by atoms with Crippen LogP contribution in [0.2, 0.25) is 0 Å². The number of thiophene rings is 1. The Morgan fingerprint density at radius 2 is 2.27 bits per heavy atom. The van der Waals surface area contributed by atoms with Crippen molar-refractivity contribution in [3.05, 3.63) is 20.8 Å². The zero-order valence-electron chi connectivity index (χ0n) is 6.22. The van der Waals surface area contributed by atoms with Gasteiger partial charge in [0.05, 0.1) is 0 Å². The van der Waals surface area contributed by atoms with Gasteiger partial charge < -0.3 is 0 Å². The lowest BCUT2D eigenvalue weighted by Gasteiger charge is -2.30. The van der Waals surface area contributed by atoms with Gasteiger partial charge in [0.1, 0.15) is 0 Å². The lowest BCUT2D eigenvalue weighted by atomic mass is 10.2. The molecule has 2 rings (SSSR count). The molecule has 60 valence electrons. The molecule has 0 aliphatic carbocycles. The first-order valence-electron chi connectivity index (χ1n) is 3.79. The van der Waals surface area contributed by atoms with Crippen LogP contribution < -0.4 is 0 Å². The summed E-state index contributed by atoms with van der Waals surface area (Å²) in [5.41, 5.74) is 1.44. The highest BCUT2D eigenvalue weighted by atomic mass is 79.9. The number of likely N-dealkylation sites (tertiary alicyclic amines) is 1. The first kappa shape index (κ1) is 7.77. The monoisotopic (exact) mass is 231 g/mol. The number of nitrogens with zero attached hydrogens (tertiary/aromatic N) is 1. The zero-order valence-corrected chi connectivity index (χ0v) is 8.62. The SMILES string of the molecule is Brc1cscc1CN1CCC1. The molecule has 0 radical (unpaired) electrons. The van der Waals surface area contributed by atoms with Gasteiger partial charge in [-0.05, 0) is 46.4 Å². The third-order valence-corrected chi connectivity index (χ3v) is 3.86. The molecule has 0 amide bonds. The van der Waals surface area contributed by atoms with E-state index in [1.54, 1.807) is 11.3 Å². The van der Waals surface area contributed by atoms with Crippen molar-refractivity contribution in [2.75, 3.05) is 13.1 Å². The Bertz CT molecular complexity index is 242. The number of hydrogen-bond acceptors (Lipinski definition) is 2. The predicted octanol–water partition coefficient (Wildman–Crippen LogP) is 2.72. The predicted molar refractivity (Wildman–Crippen MR) is 51.9 cm³/mol. The van der Waals surface area contributed by atoms with Gasteiger partial charge in [-0.15, -0.1) is 0 Å². The van der Waals surface area contributed by atoms with E-state index < -0.39 is 0 Å². The second-order valence-electron chi connectivity index (χ2n) is 2.87. The number of halogens is 1. The Morgan fingerprint density at radius 1 is 1.45 bits per heavy atom. The van der Waals surface area contributed by atoms with Crippen molar-refractivity contribution in [1.82, 2.24) is 4.90 Å². The van der Waals surface area contributed by atoms with Gasteiger partial charge in [-0.3, -0.25) is 4.90 Å². The van der Waals surface area contributed by atoms with Crippen molar-refractivity contribution in [2.24, 2.45) is 0 Å². The topological polar surface area (TPSA) is 3.24 Å². The molecule has 3 heteroatoms. The van der Waals surface area contributed by atoms with Crippen LogP contribution in [0, 0.1) is 0 Å². The van der Waals surface area contributed by atoms with E-state index in [-0.39, 0.29) is 0 Å². The molecular weight excluding hydrogens is 222 g/mol. The highest BCUT2D eigenvalue weighted by molar-refractivity contribution is 9.10. The molecule has 1 nitrogen and oxygen atoms in total. The zero-order chi connectivity index (χ0) is 7.68. The average molecular weight is 232 g/mol. The Balaban J connectivity index is 1.99. The first-order valence-corrected chi connectivity index (χ1v) is 5.53. The Labute approximate surface area is 79.2 Å². The summed E-state index contributed by atoms with van der Waals surface area (Å²) in [6.45, 7) is 3.69. The number of hydrogen-bond donors (Lipinski definition) is 0. The minimum Gasteiger partial charge on any atom is -0.299 e. The van der Waals surface area contributed by atoms with Gasteiger partial charge in [-0.1, -0.05) is 0 Å². The van der Waals surface area contributed by atoms with Crippen molar-refractivity contribution >= 4 is 27.3 Å². The quantitative estimate of drug-likeness (QED) is 0.757. The molecule has 1 fully saturated rings. The van der Waals surface area contributed by atoms with Gasteiger partial charge >= 0.3 is 0 Å². The van der Waals surface area contributed by atoms with Crippen LogP contribution in [0.4, 0.5) is 0 Å². The van der Waals surface area contributed by atoms with Gasteiger partial charge in [-0.25, -0.2) is 0 Å². The Kier molecular flexibility index (Phi) is 2.30. The molecule has 2 heterocycles. The van der Waals surface area contributed by atoms with Crippen molar-refractivity contribution < 1.29 is 0 Å². The minimum atomic E-state index is 1.13. The highest BCUT2D eigenvalue weighted by Gasteiger charge is 2.14. The van der Waals surface area contributed by atoms with Gasteiger partial charge in [0, 0.05) is 16.4 Å². The van der Waals surface area contributed by atoms with E-state index in [9.17, 15) is 0 Å². The fourth-order valence-electron chi connectivity index (χ4n) is 1.20. The molecule has 0 N–H and O–H groups in total. The largest absolute Gasteiger partial charge is 0.299 e. The third kappa shape index (κ3) is 1.66. The van der Waals surface area contributed by atoms with Crippen LogP contribution in [0.1, 0.15) is 12.0 Å². The van der Waals surface area contributed by atoms with Crippen LogP contribution in [-0.2, 0) is 6.54 Å². The molecule has 1 aliphatic heterocycles. The van der Waals surface area contributed by atoms with E-state index in [1.807, 2.05) is 0 Å². The maximum Gasteiger partial charge on any atom is 0.0327 e. The summed E-state index contributed by atoms with van der Waals surface area (Å²) in [6, 6.07) is 0. The highest BCUT2D eigenvalue weighted by Crippen LogP contribution is 2.24. The lowest BCUT2D eigenvalue weighted by Crippen LogP contribution is -2.36. The van der Waals surface area contributed by atoms with Gasteiger partial charge in [0.15, 0.2) is 0 Å². The van der Waals surface area contributed by atoms with E-state index >= 15 is 0 Å². The van der Waals surface area contributed by atoms with E-state index in [2.05, 4.69) is 31.6 Å². The maximum atomic E-state index is 3.53. The van der Waals surface area contributed by atoms with Crippen LogP contribution in [0.3, 0.4) is 0 Å². The molecule has 0 atom stereocenters. The first-order chi connectivity index (χ1) is 5.36. The van der Waals surface area contributed by atoms with Crippen LogP contribution >= 0.6 is 27.3 Å². The van der Waals surface area contributed by atoms with E-state index in [1.165, 1.54) is 29.5 Å². The van der Waals surface area contributed by atoms with Crippen LogP contribution in [-0.4, -0.2) is 18.0 Å². The molecule has 0 spiro atoms. The molecule has 0 saturated carbocycles. The Hall–Kier alpha value is 0.140. The lowest BCUT2D eigenvalue weighted by molar-refractivity contribution is 0.172. The van der Waals surface area contributed by atoms with Crippen LogP contribution in [0.15, 0.2) is 15.2 Å². The molecule has 0 bridgehead atoms. The molecule has 1 aliphatic rings. The van der Waals surface area contributed by atoms with Gasteiger partial charge in [0.2, 0.25) is 0 Å². The van der Waals surface area contributed by atoms with E-state index in [0.29, 0.717) is 0 Å². The summed E-state index contributed by atoms with van der Waals surface area (Å²) in [6.07, 6.45) is 1.38. The van der Waals surface area contributed by atoms with Crippen molar-refractivity contribution in [2.45, 2.75) is 13.0 Å². The number of rotatable bonds is 2. The molecule has 11 heavy (non-hydrogen) atoms.